The van der Waals surface area contributed by atoms with Crippen LogP contribution in [0.4, 0.5) is 0 Å². The first-order valence-electron chi connectivity index (χ1n) is 5.02. The van der Waals surface area contributed by atoms with Crippen molar-refractivity contribution in [1.82, 2.24) is 5.32 Å². The van der Waals surface area contributed by atoms with Crippen molar-refractivity contribution in [3.8, 4) is 0 Å². The lowest BCUT2D eigenvalue weighted by molar-refractivity contribution is 0.137. The minimum absolute atomic E-state index is 0.218. The predicted octanol–water partition coefficient (Wildman–Crippen LogP) is 0.437. The van der Waals surface area contributed by atoms with Gasteiger partial charge >= 0.3 is 0 Å². The number of sulfone groups is 1. The zero-order chi connectivity index (χ0) is 10.9. The van der Waals surface area contributed by atoms with Crippen LogP contribution in [0.3, 0.4) is 0 Å². The number of nitrogens with one attached hydrogen (secondary N) is 1. The van der Waals surface area contributed by atoms with Crippen LogP contribution in [0.25, 0.3) is 0 Å². The second-order valence-corrected chi connectivity index (χ2v) is 5.61. The van der Waals surface area contributed by atoms with Gasteiger partial charge < -0.3 is 10.1 Å². The summed E-state index contributed by atoms with van der Waals surface area (Å²) < 4.78 is 26.7. The Morgan fingerprint density at radius 2 is 1.93 bits per heavy atom. The van der Waals surface area contributed by atoms with Crippen LogP contribution in [0.1, 0.15) is 19.8 Å². The molecular formula is C9H21NO3S. The summed E-state index contributed by atoms with van der Waals surface area (Å²) in [6.07, 6.45) is 2.95. The molecule has 4 nitrogen and oxygen atoms in total. The van der Waals surface area contributed by atoms with Crippen molar-refractivity contribution in [3.05, 3.63) is 0 Å². The van der Waals surface area contributed by atoms with E-state index in [0.29, 0.717) is 19.6 Å². The van der Waals surface area contributed by atoms with E-state index in [0.717, 1.165) is 19.5 Å². The van der Waals surface area contributed by atoms with E-state index in [2.05, 4.69) is 12.2 Å². The Kier molecular flexibility index (Phi) is 8.12. The summed E-state index contributed by atoms with van der Waals surface area (Å²) in [7, 11) is -2.82. The van der Waals surface area contributed by atoms with Crippen molar-refractivity contribution < 1.29 is 13.2 Å². The standard InChI is InChI=1S/C9H21NO3S/c1-3-5-10-6-8-13-7-4-9-14(2,11)12/h10H,3-9H2,1-2H3. The van der Waals surface area contributed by atoms with Crippen molar-refractivity contribution >= 4 is 9.84 Å². The van der Waals surface area contributed by atoms with Gasteiger partial charge in [-0.1, -0.05) is 6.92 Å². The third-order valence-electron chi connectivity index (χ3n) is 1.65. The lowest BCUT2D eigenvalue weighted by atomic mass is 10.5. The molecule has 0 rings (SSSR count). The van der Waals surface area contributed by atoms with Crippen LogP contribution in [0.5, 0.6) is 0 Å². The highest BCUT2D eigenvalue weighted by Crippen LogP contribution is 1.89. The lowest BCUT2D eigenvalue weighted by Crippen LogP contribution is -2.20. The maximum absolute atomic E-state index is 10.7. The van der Waals surface area contributed by atoms with Gasteiger partial charge in [0.25, 0.3) is 0 Å². The summed E-state index contributed by atoms with van der Waals surface area (Å²) in [4.78, 5) is 0. The minimum Gasteiger partial charge on any atom is -0.380 e. The van der Waals surface area contributed by atoms with E-state index in [1.54, 1.807) is 0 Å². The van der Waals surface area contributed by atoms with Gasteiger partial charge in [0.1, 0.15) is 9.84 Å². The fraction of sp³-hybridized carbons (Fsp3) is 1.00. The van der Waals surface area contributed by atoms with E-state index in [-0.39, 0.29) is 5.75 Å². The molecule has 5 heteroatoms. The first-order valence-corrected chi connectivity index (χ1v) is 7.08. The van der Waals surface area contributed by atoms with Crippen molar-refractivity contribution in [2.24, 2.45) is 0 Å². The molecule has 0 bridgehead atoms. The summed E-state index contributed by atoms with van der Waals surface area (Å²) in [5.74, 6) is 0.218. The fourth-order valence-corrected chi connectivity index (χ4v) is 1.61. The number of hydrogen-bond acceptors (Lipinski definition) is 4. The summed E-state index contributed by atoms with van der Waals surface area (Å²) >= 11 is 0. The quantitative estimate of drug-likeness (QED) is 0.576. The van der Waals surface area contributed by atoms with Gasteiger partial charge in [-0.25, -0.2) is 8.42 Å². The summed E-state index contributed by atoms with van der Waals surface area (Å²) in [5.41, 5.74) is 0. The van der Waals surface area contributed by atoms with E-state index >= 15 is 0 Å². The van der Waals surface area contributed by atoms with Gasteiger partial charge in [-0.15, -0.1) is 0 Å². The summed E-state index contributed by atoms with van der Waals surface area (Å²) in [6, 6.07) is 0. The molecule has 0 aromatic carbocycles. The summed E-state index contributed by atoms with van der Waals surface area (Å²) in [6.45, 7) is 5.14. The molecule has 0 aliphatic carbocycles. The molecule has 0 aliphatic heterocycles. The van der Waals surface area contributed by atoms with Crippen LogP contribution in [-0.4, -0.2) is 46.7 Å². The molecule has 0 aromatic rings. The average molecular weight is 223 g/mol. The van der Waals surface area contributed by atoms with Gasteiger partial charge in [-0.3, -0.25) is 0 Å². The van der Waals surface area contributed by atoms with Crippen molar-refractivity contribution in [2.45, 2.75) is 19.8 Å². The van der Waals surface area contributed by atoms with Gasteiger partial charge in [0.2, 0.25) is 0 Å². The first kappa shape index (κ1) is 13.9. The van der Waals surface area contributed by atoms with Crippen molar-refractivity contribution in [2.75, 3.05) is 38.3 Å². The average Bonchev–Trinajstić information content (AvgIpc) is 2.08. The second kappa shape index (κ2) is 8.20. The monoisotopic (exact) mass is 223 g/mol. The van der Waals surface area contributed by atoms with Crippen LogP contribution in [-0.2, 0) is 14.6 Å². The molecule has 0 saturated heterocycles. The van der Waals surface area contributed by atoms with Crippen molar-refractivity contribution in [1.29, 1.82) is 0 Å². The maximum Gasteiger partial charge on any atom is 0.147 e. The van der Waals surface area contributed by atoms with Gasteiger partial charge in [0.05, 0.1) is 12.4 Å². The Bertz CT molecular complexity index is 214. The Labute approximate surface area is 86.9 Å². The van der Waals surface area contributed by atoms with E-state index in [4.69, 9.17) is 4.74 Å². The molecule has 0 amide bonds. The molecule has 14 heavy (non-hydrogen) atoms. The third kappa shape index (κ3) is 11.9. The molecule has 0 unspecified atom stereocenters. The van der Waals surface area contributed by atoms with Gasteiger partial charge in [-0.05, 0) is 19.4 Å². The highest BCUT2D eigenvalue weighted by atomic mass is 32.2. The smallest absolute Gasteiger partial charge is 0.147 e. The lowest BCUT2D eigenvalue weighted by Gasteiger charge is -2.04. The Hall–Kier alpha value is -0.130. The van der Waals surface area contributed by atoms with E-state index < -0.39 is 9.84 Å². The molecule has 1 N–H and O–H groups in total. The molecule has 86 valence electrons. The van der Waals surface area contributed by atoms with Crippen LogP contribution in [0, 0.1) is 0 Å². The molecule has 0 atom stereocenters. The van der Waals surface area contributed by atoms with Crippen LogP contribution >= 0.6 is 0 Å². The van der Waals surface area contributed by atoms with E-state index in [9.17, 15) is 8.42 Å². The van der Waals surface area contributed by atoms with Crippen molar-refractivity contribution in [3.63, 3.8) is 0 Å². The van der Waals surface area contributed by atoms with E-state index in [1.807, 2.05) is 0 Å². The highest BCUT2D eigenvalue weighted by Gasteiger charge is 2.00. The van der Waals surface area contributed by atoms with Crippen LogP contribution in [0.2, 0.25) is 0 Å². The van der Waals surface area contributed by atoms with Gasteiger partial charge in [0.15, 0.2) is 0 Å². The maximum atomic E-state index is 10.7. The second-order valence-electron chi connectivity index (χ2n) is 3.35. The number of rotatable bonds is 9. The molecule has 0 heterocycles. The van der Waals surface area contributed by atoms with Gasteiger partial charge in [0, 0.05) is 19.4 Å². The molecule has 0 radical (unpaired) electrons. The molecule has 0 aliphatic rings. The Morgan fingerprint density at radius 3 is 2.50 bits per heavy atom. The zero-order valence-electron chi connectivity index (χ0n) is 9.08. The predicted molar refractivity (Wildman–Crippen MR) is 58.3 cm³/mol. The minimum atomic E-state index is -2.82. The Morgan fingerprint density at radius 1 is 1.21 bits per heavy atom. The van der Waals surface area contributed by atoms with Crippen LogP contribution in [0.15, 0.2) is 0 Å². The summed E-state index contributed by atoms with van der Waals surface area (Å²) in [5, 5.41) is 3.20. The van der Waals surface area contributed by atoms with Gasteiger partial charge in [-0.2, -0.15) is 0 Å². The third-order valence-corrected chi connectivity index (χ3v) is 2.68. The van der Waals surface area contributed by atoms with E-state index in [1.165, 1.54) is 6.26 Å². The molecule has 0 saturated carbocycles. The fourth-order valence-electron chi connectivity index (χ4n) is 0.971. The van der Waals surface area contributed by atoms with Crippen LogP contribution < -0.4 is 5.32 Å². The zero-order valence-corrected chi connectivity index (χ0v) is 9.90. The molecular weight excluding hydrogens is 202 g/mol. The molecule has 0 aromatic heterocycles. The molecule has 0 spiro atoms. The normalized spacial score (nSPS) is 11.9. The topological polar surface area (TPSA) is 55.4 Å². The highest BCUT2D eigenvalue weighted by molar-refractivity contribution is 7.90. The largest absolute Gasteiger partial charge is 0.380 e. The molecule has 0 fully saturated rings. The first-order chi connectivity index (χ1) is 6.56. The number of ether oxygens (including phenoxy) is 1. The Balaban J connectivity index is 3.07. The SMILES string of the molecule is CCCNCCOCCCS(C)(=O)=O. The number of hydrogen-bond donors (Lipinski definition) is 1.